The topological polar surface area (TPSA) is 64.3 Å². The predicted octanol–water partition coefficient (Wildman–Crippen LogP) is 2.68. The molecule has 0 aromatic heterocycles. The second-order valence-corrected chi connectivity index (χ2v) is 6.59. The van der Waals surface area contributed by atoms with E-state index in [9.17, 15) is 4.79 Å². The number of nitrogens with two attached hydrogens (primary N) is 1. The molecular formula is C15H22N2O2S. The number of nitrogen functional groups attached to an aromatic ring is 1. The summed E-state index contributed by atoms with van der Waals surface area (Å²) in [5.41, 5.74) is 6.86. The van der Waals surface area contributed by atoms with E-state index < -0.39 is 0 Å². The molecule has 1 saturated carbocycles. The number of carbonyl (C=O) groups is 1. The van der Waals surface area contributed by atoms with Gasteiger partial charge in [0.25, 0.3) is 5.91 Å². The second-order valence-electron chi connectivity index (χ2n) is 5.01. The second kappa shape index (κ2) is 6.88. The minimum absolute atomic E-state index is 0.103. The van der Waals surface area contributed by atoms with Crippen LogP contribution in [-0.2, 0) is 0 Å². The maximum Gasteiger partial charge on any atom is 0.253 e. The van der Waals surface area contributed by atoms with Crippen LogP contribution in [0.5, 0.6) is 5.75 Å². The molecule has 0 spiro atoms. The molecule has 1 aromatic rings. The smallest absolute Gasteiger partial charge is 0.253 e. The highest BCUT2D eigenvalue weighted by atomic mass is 32.2. The number of methoxy groups -OCH3 is 1. The molecule has 0 saturated heterocycles. The molecule has 1 aliphatic rings. The molecule has 1 aliphatic carbocycles. The number of thioether (sulfide) groups is 1. The third kappa shape index (κ3) is 3.60. The first-order valence-corrected chi connectivity index (χ1v) is 8.05. The lowest BCUT2D eigenvalue weighted by Crippen LogP contribution is -2.33. The normalized spacial score (nSPS) is 21.7. The molecule has 0 aliphatic heterocycles. The Hall–Kier alpha value is -1.36. The minimum Gasteiger partial charge on any atom is -0.497 e. The zero-order valence-corrected chi connectivity index (χ0v) is 12.8. The lowest BCUT2D eigenvalue weighted by atomic mass is 10.1. The molecule has 0 radical (unpaired) electrons. The Bertz CT molecular complexity index is 479. The van der Waals surface area contributed by atoms with Crippen LogP contribution in [0.25, 0.3) is 0 Å². The van der Waals surface area contributed by atoms with Gasteiger partial charge in [0.15, 0.2) is 0 Å². The number of anilines is 1. The third-order valence-electron chi connectivity index (χ3n) is 3.63. The maximum atomic E-state index is 12.3. The highest BCUT2D eigenvalue weighted by Crippen LogP contribution is 2.30. The molecule has 2 unspecified atom stereocenters. The number of carbonyl (C=O) groups excluding carboxylic acids is 1. The van der Waals surface area contributed by atoms with Crippen LogP contribution in [0.4, 0.5) is 5.69 Å². The Labute approximate surface area is 124 Å². The van der Waals surface area contributed by atoms with Crippen LogP contribution in [0.15, 0.2) is 18.2 Å². The van der Waals surface area contributed by atoms with Crippen LogP contribution in [0, 0.1) is 0 Å². The first-order chi connectivity index (χ1) is 9.63. The van der Waals surface area contributed by atoms with E-state index >= 15 is 0 Å². The first-order valence-electron chi connectivity index (χ1n) is 7.00. The van der Waals surface area contributed by atoms with Crippen LogP contribution in [0.3, 0.4) is 0 Å². The number of hydrogen-bond acceptors (Lipinski definition) is 4. The third-order valence-corrected chi connectivity index (χ3v) is 4.86. The molecule has 3 N–H and O–H groups in total. The molecule has 1 aromatic carbocycles. The van der Waals surface area contributed by atoms with Crippen molar-refractivity contribution in [1.29, 1.82) is 0 Å². The van der Waals surface area contributed by atoms with Gasteiger partial charge in [-0.2, -0.15) is 11.8 Å². The standard InChI is InChI=1S/C15H22N2O2S/c1-3-20-12-6-4-10(8-12)17-15(18)13-9-11(19-2)5-7-14(13)16/h5,7,9-10,12H,3-4,6,8,16H2,1-2H3,(H,17,18). The van der Waals surface area contributed by atoms with E-state index in [0.29, 0.717) is 22.3 Å². The molecule has 1 fully saturated rings. The van der Waals surface area contributed by atoms with Gasteiger partial charge in [0.05, 0.1) is 12.7 Å². The van der Waals surface area contributed by atoms with E-state index in [1.807, 2.05) is 11.8 Å². The van der Waals surface area contributed by atoms with Gasteiger partial charge in [-0.15, -0.1) is 0 Å². The first kappa shape index (κ1) is 15.0. The van der Waals surface area contributed by atoms with Gasteiger partial charge in [-0.25, -0.2) is 0 Å². The van der Waals surface area contributed by atoms with E-state index in [4.69, 9.17) is 10.5 Å². The fourth-order valence-corrected chi connectivity index (χ4v) is 3.72. The average Bonchev–Trinajstić information content (AvgIpc) is 2.87. The lowest BCUT2D eigenvalue weighted by molar-refractivity contribution is 0.0938. The lowest BCUT2D eigenvalue weighted by Gasteiger charge is -2.14. The van der Waals surface area contributed by atoms with Crippen LogP contribution >= 0.6 is 11.8 Å². The summed E-state index contributed by atoms with van der Waals surface area (Å²) >= 11 is 1.98. The Balaban J connectivity index is 1.98. The van der Waals surface area contributed by atoms with E-state index in [-0.39, 0.29) is 11.9 Å². The van der Waals surface area contributed by atoms with Gasteiger partial charge in [-0.3, -0.25) is 4.79 Å². The summed E-state index contributed by atoms with van der Waals surface area (Å²) in [7, 11) is 1.58. The van der Waals surface area contributed by atoms with Gasteiger partial charge < -0.3 is 15.8 Å². The van der Waals surface area contributed by atoms with Gasteiger partial charge >= 0.3 is 0 Å². The number of nitrogens with one attached hydrogen (secondary N) is 1. The summed E-state index contributed by atoms with van der Waals surface area (Å²) in [5.74, 6) is 1.68. The van der Waals surface area contributed by atoms with Crippen molar-refractivity contribution in [2.24, 2.45) is 0 Å². The van der Waals surface area contributed by atoms with E-state index in [0.717, 1.165) is 18.6 Å². The predicted molar refractivity (Wildman–Crippen MR) is 84.4 cm³/mol. The molecule has 0 bridgehead atoms. The van der Waals surface area contributed by atoms with Crippen molar-refractivity contribution < 1.29 is 9.53 Å². The van der Waals surface area contributed by atoms with E-state index in [2.05, 4.69) is 12.2 Å². The minimum atomic E-state index is -0.103. The van der Waals surface area contributed by atoms with Crippen molar-refractivity contribution in [3.8, 4) is 5.75 Å². The summed E-state index contributed by atoms with van der Waals surface area (Å²) in [6.07, 6.45) is 3.28. The molecule has 2 rings (SSSR count). The van der Waals surface area contributed by atoms with Crippen LogP contribution in [-0.4, -0.2) is 30.1 Å². The summed E-state index contributed by atoms with van der Waals surface area (Å²) in [4.78, 5) is 12.3. The SMILES string of the molecule is CCSC1CCC(NC(=O)c2cc(OC)ccc2N)C1. The van der Waals surface area contributed by atoms with Crippen LogP contribution in [0.1, 0.15) is 36.5 Å². The number of ether oxygens (including phenoxy) is 1. The fraction of sp³-hybridized carbons (Fsp3) is 0.533. The number of rotatable bonds is 5. The zero-order chi connectivity index (χ0) is 14.5. The molecule has 4 nitrogen and oxygen atoms in total. The highest BCUT2D eigenvalue weighted by Gasteiger charge is 2.26. The Kier molecular flexibility index (Phi) is 5.17. The largest absolute Gasteiger partial charge is 0.497 e. The van der Waals surface area contributed by atoms with Crippen LogP contribution < -0.4 is 15.8 Å². The monoisotopic (exact) mass is 294 g/mol. The molecule has 5 heteroatoms. The van der Waals surface area contributed by atoms with Crippen molar-refractivity contribution in [1.82, 2.24) is 5.32 Å². The van der Waals surface area contributed by atoms with Crippen LogP contribution in [0.2, 0.25) is 0 Å². The van der Waals surface area contributed by atoms with E-state index in [1.165, 1.54) is 6.42 Å². The van der Waals surface area contributed by atoms with Crippen molar-refractivity contribution in [3.63, 3.8) is 0 Å². The van der Waals surface area contributed by atoms with Gasteiger partial charge in [0.2, 0.25) is 0 Å². The molecule has 20 heavy (non-hydrogen) atoms. The maximum absolute atomic E-state index is 12.3. The van der Waals surface area contributed by atoms with Gasteiger partial charge in [-0.1, -0.05) is 6.92 Å². The summed E-state index contributed by atoms with van der Waals surface area (Å²) in [6, 6.07) is 5.42. The highest BCUT2D eigenvalue weighted by molar-refractivity contribution is 7.99. The number of amides is 1. The van der Waals surface area contributed by atoms with Crippen molar-refractivity contribution in [2.75, 3.05) is 18.6 Å². The Morgan fingerprint density at radius 1 is 1.50 bits per heavy atom. The van der Waals surface area contributed by atoms with Crippen molar-refractivity contribution >= 4 is 23.4 Å². The number of benzene rings is 1. The quantitative estimate of drug-likeness (QED) is 0.820. The van der Waals surface area contributed by atoms with Gasteiger partial charge in [0.1, 0.15) is 5.75 Å². The Morgan fingerprint density at radius 3 is 3.00 bits per heavy atom. The zero-order valence-electron chi connectivity index (χ0n) is 12.0. The molecule has 0 heterocycles. The Morgan fingerprint density at radius 2 is 2.30 bits per heavy atom. The van der Waals surface area contributed by atoms with Crippen molar-refractivity contribution in [3.05, 3.63) is 23.8 Å². The summed E-state index contributed by atoms with van der Waals surface area (Å²) < 4.78 is 5.14. The summed E-state index contributed by atoms with van der Waals surface area (Å²) in [6.45, 7) is 2.17. The van der Waals surface area contributed by atoms with Crippen molar-refractivity contribution in [2.45, 2.75) is 37.5 Å². The summed E-state index contributed by atoms with van der Waals surface area (Å²) in [5, 5.41) is 3.76. The fourth-order valence-electron chi connectivity index (χ4n) is 2.58. The number of hydrogen-bond donors (Lipinski definition) is 2. The average molecular weight is 294 g/mol. The molecule has 1 amide bonds. The molecule has 2 atom stereocenters. The van der Waals surface area contributed by atoms with E-state index in [1.54, 1.807) is 25.3 Å². The molecular weight excluding hydrogens is 272 g/mol. The molecule has 110 valence electrons. The van der Waals surface area contributed by atoms with Gasteiger partial charge in [-0.05, 0) is 43.2 Å². The van der Waals surface area contributed by atoms with Gasteiger partial charge in [0, 0.05) is 17.0 Å².